The van der Waals surface area contributed by atoms with Crippen molar-refractivity contribution in [3.63, 3.8) is 0 Å². The van der Waals surface area contributed by atoms with Crippen LogP contribution in [0.2, 0.25) is 0 Å². The molecule has 1 heterocycles. The fourth-order valence-electron chi connectivity index (χ4n) is 1.66. The van der Waals surface area contributed by atoms with Crippen molar-refractivity contribution in [1.29, 1.82) is 0 Å². The maximum atomic E-state index is 3.79. The van der Waals surface area contributed by atoms with Gasteiger partial charge in [0.05, 0.1) is 0 Å². The molecule has 70 valence electrons. The Bertz CT molecular complexity index is 452. The largest absolute Gasteiger partial charge is 0.361 e. The zero-order valence-electron chi connectivity index (χ0n) is 8.25. The summed E-state index contributed by atoms with van der Waals surface area (Å²) < 4.78 is 0. The van der Waals surface area contributed by atoms with E-state index in [1.165, 1.54) is 16.7 Å². The van der Waals surface area contributed by atoms with Gasteiger partial charge >= 0.3 is 0 Å². The second kappa shape index (κ2) is 3.54. The topological polar surface area (TPSA) is 15.8 Å². The highest BCUT2D eigenvalue weighted by Crippen LogP contribution is 2.26. The van der Waals surface area contributed by atoms with Gasteiger partial charge < -0.3 is 4.98 Å². The van der Waals surface area contributed by atoms with E-state index in [1.807, 2.05) is 12.3 Å². The molecule has 1 nitrogen and oxygen atoms in total. The molecule has 0 radical (unpaired) electrons. The number of H-pyrrole nitrogens is 1. The molecule has 0 spiro atoms. The third-order valence-corrected chi connectivity index (χ3v) is 2.42. The fourth-order valence-corrected chi connectivity index (χ4v) is 1.66. The second-order valence-corrected chi connectivity index (χ2v) is 3.32. The number of benzene rings is 1. The van der Waals surface area contributed by atoms with Gasteiger partial charge in [-0.3, -0.25) is 0 Å². The summed E-state index contributed by atoms with van der Waals surface area (Å²) in [4.78, 5) is 3.16. The molecule has 0 aliphatic carbocycles. The van der Waals surface area contributed by atoms with Gasteiger partial charge in [0.1, 0.15) is 0 Å². The van der Waals surface area contributed by atoms with Crippen LogP contribution >= 0.6 is 0 Å². The van der Waals surface area contributed by atoms with Crippen molar-refractivity contribution in [2.24, 2.45) is 0 Å². The van der Waals surface area contributed by atoms with E-state index in [0.29, 0.717) is 0 Å². The predicted octanol–water partition coefficient (Wildman–Crippen LogP) is 3.63. The van der Waals surface area contributed by atoms with Gasteiger partial charge in [-0.2, -0.15) is 0 Å². The van der Waals surface area contributed by atoms with Crippen LogP contribution in [0.3, 0.4) is 0 Å². The Hall–Kier alpha value is -1.76. The Morgan fingerprint density at radius 2 is 1.93 bits per heavy atom. The van der Waals surface area contributed by atoms with Crippen LogP contribution in [0.1, 0.15) is 11.3 Å². The number of aromatic nitrogens is 1. The minimum atomic E-state index is 1.08. The zero-order chi connectivity index (χ0) is 9.97. The van der Waals surface area contributed by atoms with E-state index in [1.54, 1.807) is 0 Å². The molecule has 14 heavy (non-hydrogen) atoms. The molecule has 1 N–H and O–H groups in total. The molecule has 0 saturated carbocycles. The summed E-state index contributed by atoms with van der Waals surface area (Å²) in [5.74, 6) is 0. The Balaban J connectivity index is 2.60. The summed E-state index contributed by atoms with van der Waals surface area (Å²) in [6, 6.07) is 10.4. The highest BCUT2D eigenvalue weighted by molar-refractivity contribution is 5.75. The first-order valence-corrected chi connectivity index (χ1v) is 4.68. The molecule has 0 aliphatic heterocycles. The van der Waals surface area contributed by atoms with Crippen molar-refractivity contribution in [2.45, 2.75) is 6.92 Å². The van der Waals surface area contributed by atoms with Gasteiger partial charge in [-0.1, -0.05) is 30.8 Å². The summed E-state index contributed by atoms with van der Waals surface area (Å²) in [5, 5.41) is 0. The van der Waals surface area contributed by atoms with Crippen molar-refractivity contribution in [3.8, 4) is 11.1 Å². The van der Waals surface area contributed by atoms with Crippen molar-refractivity contribution in [1.82, 2.24) is 4.98 Å². The van der Waals surface area contributed by atoms with Crippen LogP contribution in [0.15, 0.2) is 43.1 Å². The Labute approximate surface area is 84.1 Å². The third kappa shape index (κ3) is 1.37. The minimum Gasteiger partial charge on any atom is -0.361 e. The van der Waals surface area contributed by atoms with Crippen LogP contribution in [0.5, 0.6) is 0 Å². The quantitative estimate of drug-likeness (QED) is 0.731. The van der Waals surface area contributed by atoms with Gasteiger partial charge in [-0.05, 0) is 30.2 Å². The SMILES string of the molecule is C=Cc1[nH]ccc1-c1ccccc1C. The number of rotatable bonds is 2. The number of nitrogens with one attached hydrogen (secondary N) is 1. The smallest absolute Gasteiger partial charge is 0.0454 e. The average Bonchev–Trinajstić information content (AvgIpc) is 2.66. The molecule has 1 aromatic carbocycles. The van der Waals surface area contributed by atoms with Crippen LogP contribution in [0.25, 0.3) is 17.2 Å². The van der Waals surface area contributed by atoms with Gasteiger partial charge in [-0.25, -0.2) is 0 Å². The van der Waals surface area contributed by atoms with Gasteiger partial charge in [0, 0.05) is 17.5 Å². The molecule has 0 unspecified atom stereocenters. The Morgan fingerprint density at radius 1 is 1.14 bits per heavy atom. The first kappa shape index (κ1) is 8.82. The molecule has 0 atom stereocenters. The van der Waals surface area contributed by atoms with Crippen LogP contribution in [0.4, 0.5) is 0 Å². The summed E-state index contributed by atoms with van der Waals surface area (Å²) in [5.41, 5.74) is 4.86. The van der Waals surface area contributed by atoms with Crippen molar-refractivity contribution in [2.75, 3.05) is 0 Å². The van der Waals surface area contributed by atoms with E-state index in [-0.39, 0.29) is 0 Å². The summed E-state index contributed by atoms with van der Waals surface area (Å²) >= 11 is 0. The number of aromatic amines is 1. The van der Waals surface area contributed by atoms with Crippen LogP contribution in [0, 0.1) is 6.92 Å². The third-order valence-electron chi connectivity index (χ3n) is 2.42. The first-order chi connectivity index (χ1) is 6.83. The molecule has 0 amide bonds. The summed E-state index contributed by atoms with van der Waals surface area (Å²) in [6.07, 6.45) is 3.79. The Morgan fingerprint density at radius 3 is 2.64 bits per heavy atom. The van der Waals surface area contributed by atoms with Crippen LogP contribution in [-0.2, 0) is 0 Å². The predicted molar refractivity (Wildman–Crippen MR) is 61.1 cm³/mol. The van der Waals surface area contributed by atoms with E-state index in [0.717, 1.165) is 5.69 Å². The molecule has 2 aromatic rings. The maximum Gasteiger partial charge on any atom is 0.0454 e. The fraction of sp³-hybridized carbons (Fsp3) is 0.0769. The zero-order valence-corrected chi connectivity index (χ0v) is 8.25. The molecule has 1 heteroatoms. The van der Waals surface area contributed by atoms with E-state index in [4.69, 9.17) is 0 Å². The van der Waals surface area contributed by atoms with E-state index in [9.17, 15) is 0 Å². The lowest BCUT2D eigenvalue weighted by molar-refractivity contribution is 1.37. The number of aryl methyl sites for hydroxylation is 1. The minimum absolute atomic E-state index is 1.08. The van der Waals surface area contributed by atoms with Crippen molar-refractivity contribution >= 4 is 6.08 Å². The molecule has 0 aliphatic rings. The van der Waals surface area contributed by atoms with Crippen LogP contribution in [-0.4, -0.2) is 4.98 Å². The average molecular weight is 183 g/mol. The maximum absolute atomic E-state index is 3.79. The lowest BCUT2D eigenvalue weighted by Gasteiger charge is -2.04. The lowest BCUT2D eigenvalue weighted by Crippen LogP contribution is -1.82. The molecule has 0 bridgehead atoms. The highest BCUT2D eigenvalue weighted by atomic mass is 14.7. The number of hydrogen-bond acceptors (Lipinski definition) is 0. The van der Waals surface area contributed by atoms with E-state index in [2.05, 4.69) is 48.8 Å². The standard InChI is InChI=1S/C13H13N/c1-3-13-12(8-9-14-13)11-7-5-4-6-10(11)2/h3-9,14H,1H2,2H3. The molecular weight excluding hydrogens is 170 g/mol. The monoisotopic (exact) mass is 183 g/mol. The van der Waals surface area contributed by atoms with E-state index >= 15 is 0 Å². The van der Waals surface area contributed by atoms with Gasteiger partial charge in [0.15, 0.2) is 0 Å². The number of hydrogen-bond donors (Lipinski definition) is 1. The second-order valence-electron chi connectivity index (χ2n) is 3.32. The first-order valence-electron chi connectivity index (χ1n) is 4.68. The molecule has 0 saturated heterocycles. The van der Waals surface area contributed by atoms with Crippen molar-refractivity contribution in [3.05, 3.63) is 54.4 Å². The van der Waals surface area contributed by atoms with E-state index < -0.39 is 0 Å². The Kier molecular flexibility index (Phi) is 2.23. The van der Waals surface area contributed by atoms with Gasteiger partial charge in [-0.15, -0.1) is 0 Å². The summed E-state index contributed by atoms with van der Waals surface area (Å²) in [6.45, 7) is 5.91. The van der Waals surface area contributed by atoms with Gasteiger partial charge in [0.25, 0.3) is 0 Å². The lowest BCUT2D eigenvalue weighted by atomic mass is 10.0. The molecule has 2 rings (SSSR count). The van der Waals surface area contributed by atoms with Crippen molar-refractivity contribution < 1.29 is 0 Å². The highest BCUT2D eigenvalue weighted by Gasteiger charge is 2.04. The molecular formula is C13H13N. The normalized spacial score (nSPS) is 10.1. The summed E-state index contributed by atoms with van der Waals surface area (Å²) in [7, 11) is 0. The molecule has 1 aromatic heterocycles. The van der Waals surface area contributed by atoms with Gasteiger partial charge in [0.2, 0.25) is 0 Å². The van der Waals surface area contributed by atoms with Crippen LogP contribution < -0.4 is 0 Å². The molecule has 0 fully saturated rings.